The Hall–Kier alpha value is -1.33. The van der Waals surface area contributed by atoms with Gasteiger partial charge in [0.1, 0.15) is 0 Å². The molecule has 1 aliphatic heterocycles. The first kappa shape index (κ1) is 15.1. The fourth-order valence-corrected chi connectivity index (χ4v) is 2.31. The smallest absolute Gasteiger partial charge is 0.274 e. The predicted octanol–water partition coefficient (Wildman–Crippen LogP) is 2.38. The van der Waals surface area contributed by atoms with Crippen molar-refractivity contribution in [3.8, 4) is 5.88 Å². The van der Waals surface area contributed by atoms with E-state index in [1.807, 2.05) is 20.8 Å². The standard InChI is InChI=1S/C14H19ClN2O3/c1-4-19-12-6-5-11(15)13(16-12)14(18)17-7-10(3)20-8-9(17)2/h5-6,9-10H,4,7-8H2,1-3H3/t9-,10+/m0/s1. The minimum absolute atomic E-state index is 0.00677. The van der Waals surface area contributed by atoms with Crippen LogP contribution in [0.3, 0.4) is 0 Å². The highest BCUT2D eigenvalue weighted by molar-refractivity contribution is 6.33. The van der Waals surface area contributed by atoms with Crippen molar-refractivity contribution in [2.75, 3.05) is 19.8 Å². The molecule has 1 fully saturated rings. The Morgan fingerprint density at radius 2 is 2.30 bits per heavy atom. The molecular formula is C14H19ClN2O3. The van der Waals surface area contributed by atoms with E-state index in [1.54, 1.807) is 17.0 Å². The monoisotopic (exact) mass is 298 g/mol. The predicted molar refractivity (Wildman–Crippen MR) is 76.3 cm³/mol. The zero-order valence-corrected chi connectivity index (χ0v) is 12.7. The second-order valence-electron chi connectivity index (χ2n) is 4.86. The maximum Gasteiger partial charge on any atom is 0.274 e. The van der Waals surface area contributed by atoms with Crippen LogP contribution in [0.25, 0.3) is 0 Å². The number of carbonyl (C=O) groups is 1. The Bertz CT molecular complexity index is 495. The molecule has 0 aromatic carbocycles. The van der Waals surface area contributed by atoms with E-state index in [0.717, 1.165) is 0 Å². The molecule has 110 valence electrons. The fourth-order valence-electron chi connectivity index (χ4n) is 2.12. The molecule has 1 saturated heterocycles. The van der Waals surface area contributed by atoms with Crippen LogP contribution in [0.5, 0.6) is 5.88 Å². The van der Waals surface area contributed by atoms with Gasteiger partial charge in [-0.1, -0.05) is 11.6 Å². The van der Waals surface area contributed by atoms with Gasteiger partial charge in [-0.3, -0.25) is 4.79 Å². The lowest BCUT2D eigenvalue weighted by atomic mass is 10.2. The highest BCUT2D eigenvalue weighted by Crippen LogP contribution is 2.22. The molecule has 0 aliphatic carbocycles. The number of hydrogen-bond acceptors (Lipinski definition) is 4. The molecule has 0 N–H and O–H groups in total. The number of halogens is 1. The van der Waals surface area contributed by atoms with Gasteiger partial charge < -0.3 is 14.4 Å². The van der Waals surface area contributed by atoms with Crippen molar-refractivity contribution in [3.05, 3.63) is 22.8 Å². The van der Waals surface area contributed by atoms with E-state index in [9.17, 15) is 4.79 Å². The van der Waals surface area contributed by atoms with Crippen molar-refractivity contribution in [2.24, 2.45) is 0 Å². The van der Waals surface area contributed by atoms with E-state index in [1.165, 1.54) is 0 Å². The summed E-state index contributed by atoms with van der Waals surface area (Å²) in [6.07, 6.45) is 0.0176. The van der Waals surface area contributed by atoms with Gasteiger partial charge in [-0.2, -0.15) is 0 Å². The summed E-state index contributed by atoms with van der Waals surface area (Å²) in [6.45, 7) is 7.31. The van der Waals surface area contributed by atoms with Gasteiger partial charge in [0.05, 0.1) is 30.4 Å². The molecule has 2 rings (SSSR count). The van der Waals surface area contributed by atoms with Crippen LogP contribution < -0.4 is 4.74 Å². The molecule has 1 aliphatic rings. The number of amides is 1. The number of pyridine rings is 1. The first-order valence-electron chi connectivity index (χ1n) is 6.74. The molecule has 0 unspecified atom stereocenters. The maximum absolute atomic E-state index is 12.6. The topological polar surface area (TPSA) is 51.7 Å². The highest BCUT2D eigenvalue weighted by atomic mass is 35.5. The summed E-state index contributed by atoms with van der Waals surface area (Å²) < 4.78 is 10.8. The van der Waals surface area contributed by atoms with Crippen molar-refractivity contribution < 1.29 is 14.3 Å². The van der Waals surface area contributed by atoms with Gasteiger partial charge in [-0.25, -0.2) is 4.98 Å². The van der Waals surface area contributed by atoms with Crippen LogP contribution in [-0.2, 0) is 4.74 Å². The third-order valence-corrected chi connectivity index (χ3v) is 3.49. The van der Waals surface area contributed by atoms with Crippen molar-refractivity contribution in [1.82, 2.24) is 9.88 Å². The summed E-state index contributed by atoms with van der Waals surface area (Å²) in [5.41, 5.74) is 0.235. The van der Waals surface area contributed by atoms with Crippen LogP contribution in [0.2, 0.25) is 5.02 Å². The highest BCUT2D eigenvalue weighted by Gasteiger charge is 2.30. The van der Waals surface area contributed by atoms with Crippen molar-refractivity contribution in [1.29, 1.82) is 0 Å². The Labute approximate surface area is 123 Å². The Balaban J connectivity index is 2.25. The first-order chi connectivity index (χ1) is 9.52. The Kier molecular flexibility index (Phi) is 4.83. The summed E-state index contributed by atoms with van der Waals surface area (Å²) >= 11 is 6.10. The molecule has 1 aromatic heterocycles. The largest absolute Gasteiger partial charge is 0.478 e. The molecular weight excluding hydrogens is 280 g/mol. The van der Waals surface area contributed by atoms with Gasteiger partial charge in [0.15, 0.2) is 5.69 Å². The van der Waals surface area contributed by atoms with E-state index in [-0.39, 0.29) is 23.7 Å². The van der Waals surface area contributed by atoms with E-state index < -0.39 is 0 Å². The second kappa shape index (κ2) is 6.41. The zero-order valence-electron chi connectivity index (χ0n) is 11.9. The zero-order chi connectivity index (χ0) is 14.7. The van der Waals surface area contributed by atoms with Gasteiger partial charge in [0.25, 0.3) is 5.91 Å². The average Bonchev–Trinajstić information content (AvgIpc) is 2.43. The van der Waals surface area contributed by atoms with Crippen molar-refractivity contribution in [2.45, 2.75) is 32.9 Å². The SMILES string of the molecule is CCOc1ccc(Cl)c(C(=O)N2C[C@@H](C)OC[C@@H]2C)n1. The van der Waals surface area contributed by atoms with Crippen molar-refractivity contribution >= 4 is 17.5 Å². The normalized spacial score (nSPS) is 22.7. The number of morpholine rings is 1. The van der Waals surface area contributed by atoms with E-state index in [2.05, 4.69) is 4.98 Å². The van der Waals surface area contributed by atoms with Gasteiger partial charge in [-0.15, -0.1) is 0 Å². The first-order valence-corrected chi connectivity index (χ1v) is 7.12. The number of aromatic nitrogens is 1. The summed E-state index contributed by atoms with van der Waals surface area (Å²) in [7, 11) is 0. The van der Waals surface area contributed by atoms with Crippen LogP contribution in [0, 0.1) is 0 Å². The van der Waals surface area contributed by atoms with Crippen LogP contribution in [-0.4, -0.2) is 47.7 Å². The van der Waals surface area contributed by atoms with Crippen LogP contribution in [0.1, 0.15) is 31.3 Å². The molecule has 2 atom stereocenters. The molecule has 1 aromatic rings. The van der Waals surface area contributed by atoms with Crippen LogP contribution >= 0.6 is 11.6 Å². The number of nitrogens with zero attached hydrogens (tertiary/aromatic N) is 2. The number of rotatable bonds is 3. The summed E-state index contributed by atoms with van der Waals surface area (Å²) in [4.78, 5) is 18.6. The molecule has 5 nitrogen and oxygen atoms in total. The van der Waals surface area contributed by atoms with Gasteiger partial charge in [0, 0.05) is 12.6 Å². The lowest BCUT2D eigenvalue weighted by molar-refractivity contribution is -0.0389. The third-order valence-electron chi connectivity index (χ3n) is 3.18. The van der Waals surface area contributed by atoms with Gasteiger partial charge >= 0.3 is 0 Å². The van der Waals surface area contributed by atoms with Crippen LogP contribution in [0.4, 0.5) is 0 Å². The molecule has 6 heteroatoms. The minimum Gasteiger partial charge on any atom is -0.478 e. The molecule has 2 heterocycles. The lowest BCUT2D eigenvalue weighted by Gasteiger charge is -2.36. The molecule has 1 amide bonds. The van der Waals surface area contributed by atoms with Gasteiger partial charge in [0.2, 0.25) is 5.88 Å². The third kappa shape index (κ3) is 3.22. The van der Waals surface area contributed by atoms with Gasteiger partial charge in [-0.05, 0) is 26.8 Å². The Morgan fingerprint density at radius 3 is 3.00 bits per heavy atom. The second-order valence-corrected chi connectivity index (χ2v) is 5.27. The minimum atomic E-state index is -0.181. The van der Waals surface area contributed by atoms with Crippen LogP contribution in [0.15, 0.2) is 12.1 Å². The number of ether oxygens (including phenoxy) is 2. The Morgan fingerprint density at radius 1 is 1.55 bits per heavy atom. The molecule has 0 radical (unpaired) electrons. The molecule has 0 bridgehead atoms. The van der Waals surface area contributed by atoms with E-state index in [0.29, 0.717) is 30.7 Å². The van der Waals surface area contributed by atoms with Crippen molar-refractivity contribution in [3.63, 3.8) is 0 Å². The number of carbonyl (C=O) groups excluding carboxylic acids is 1. The summed E-state index contributed by atoms with van der Waals surface area (Å²) in [5.74, 6) is 0.230. The fraction of sp³-hybridized carbons (Fsp3) is 0.571. The summed E-state index contributed by atoms with van der Waals surface area (Å²) in [6, 6.07) is 3.31. The quantitative estimate of drug-likeness (QED) is 0.860. The molecule has 0 spiro atoms. The van der Waals surface area contributed by atoms with E-state index in [4.69, 9.17) is 21.1 Å². The average molecular weight is 299 g/mol. The molecule has 20 heavy (non-hydrogen) atoms. The number of hydrogen-bond donors (Lipinski definition) is 0. The maximum atomic E-state index is 12.6. The molecule has 0 saturated carbocycles. The lowest BCUT2D eigenvalue weighted by Crippen LogP contribution is -2.50. The van der Waals surface area contributed by atoms with E-state index >= 15 is 0 Å². The summed E-state index contributed by atoms with van der Waals surface area (Å²) in [5, 5.41) is 0.338.